The van der Waals surface area contributed by atoms with E-state index in [0.717, 1.165) is 24.2 Å². The lowest BCUT2D eigenvalue weighted by Gasteiger charge is -2.05. The Bertz CT molecular complexity index is 462. The van der Waals surface area contributed by atoms with E-state index in [-0.39, 0.29) is 0 Å². The van der Waals surface area contributed by atoms with E-state index in [2.05, 4.69) is 22.2 Å². The van der Waals surface area contributed by atoms with Crippen LogP contribution >= 0.6 is 0 Å². The summed E-state index contributed by atoms with van der Waals surface area (Å²) in [6, 6.07) is 8.07. The van der Waals surface area contributed by atoms with Crippen molar-refractivity contribution in [2.75, 3.05) is 17.6 Å². The molecule has 0 saturated heterocycles. The van der Waals surface area contributed by atoms with Gasteiger partial charge in [-0.3, -0.25) is 0 Å². The van der Waals surface area contributed by atoms with Gasteiger partial charge in [-0.15, -0.1) is 0 Å². The van der Waals surface area contributed by atoms with Crippen molar-refractivity contribution in [3.05, 3.63) is 36.7 Å². The van der Waals surface area contributed by atoms with E-state index in [1.54, 1.807) is 12.4 Å². The second-order valence-electron chi connectivity index (χ2n) is 3.84. The minimum atomic E-state index is 0.579. The number of nitrogens with two attached hydrogens (primary N) is 1. The Hall–Kier alpha value is -2.10. The molecule has 0 fully saturated rings. The number of nitrogens with one attached hydrogen (secondary N) is 1. The van der Waals surface area contributed by atoms with Crippen LogP contribution in [0.5, 0.6) is 0 Å². The number of nitrogens with zero attached hydrogens (tertiary/aromatic N) is 2. The molecule has 4 heteroatoms. The van der Waals surface area contributed by atoms with Crippen molar-refractivity contribution in [3.8, 4) is 11.4 Å². The molecule has 0 aliphatic carbocycles. The highest BCUT2D eigenvalue weighted by Crippen LogP contribution is 2.17. The zero-order valence-corrected chi connectivity index (χ0v) is 9.85. The molecule has 0 spiro atoms. The van der Waals surface area contributed by atoms with Crippen LogP contribution in [-0.2, 0) is 0 Å². The molecule has 0 saturated carbocycles. The molecule has 0 radical (unpaired) electrons. The van der Waals surface area contributed by atoms with Crippen molar-refractivity contribution in [2.45, 2.75) is 13.3 Å². The van der Waals surface area contributed by atoms with Gasteiger partial charge in [0.1, 0.15) is 0 Å². The third-order valence-corrected chi connectivity index (χ3v) is 2.39. The van der Waals surface area contributed by atoms with E-state index in [1.165, 1.54) is 0 Å². The maximum absolute atomic E-state index is 5.55. The molecule has 0 aliphatic heterocycles. The average molecular weight is 228 g/mol. The summed E-state index contributed by atoms with van der Waals surface area (Å²) in [6.07, 6.45) is 4.35. The van der Waals surface area contributed by atoms with E-state index in [0.29, 0.717) is 11.5 Å². The fourth-order valence-corrected chi connectivity index (χ4v) is 1.49. The quantitative estimate of drug-likeness (QED) is 0.844. The molecule has 1 aromatic carbocycles. The summed E-state index contributed by atoms with van der Waals surface area (Å²) in [5.74, 6) is 0.696. The molecule has 88 valence electrons. The summed E-state index contributed by atoms with van der Waals surface area (Å²) in [5.41, 5.74) is 8.24. The molecule has 0 unspecified atom stereocenters. The number of rotatable bonds is 4. The first kappa shape index (κ1) is 11.4. The largest absolute Gasteiger partial charge is 0.396 e. The highest BCUT2D eigenvalue weighted by Gasteiger charge is 2.00. The molecular formula is C13H16N4. The van der Waals surface area contributed by atoms with Crippen LogP contribution in [0.2, 0.25) is 0 Å². The van der Waals surface area contributed by atoms with Crippen molar-refractivity contribution < 1.29 is 0 Å². The fraction of sp³-hybridized carbons (Fsp3) is 0.231. The molecule has 0 amide bonds. The minimum absolute atomic E-state index is 0.579. The Balaban J connectivity index is 2.14. The van der Waals surface area contributed by atoms with Crippen LogP contribution in [0.1, 0.15) is 13.3 Å². The van der Waals surface area contributed by atoms with E-state index < -0.39 is 0 Å². The third kappa shape index (κ3) is 2.93. The molecule has 3 N–H and O–H groups in total. The van der Waals surface area contributed by atoms with E-state index >= 15 is 0 Å². The van der Waals surface area contributed by atoms with E-state index in [1.807, 2.05) is 24.3 Å². The summed E-state index contributed by atoms with van der Waals surface area (Å²) in [5, 5.41) is 3.32. The molecule has 0 bridgehead atoms. The summed E-state index contributed by atoms with van der Waals surface area (Å²) < 4.78 is 0. The van der Waals surface area contributed by atoms with Crippen molar-refractivity contribution in [1.29, 1.82) is 0 Å². The Morgan fingerprint density at radius 2 is 1.76 bits per heavy atom. The number of benzene rings is 1. The molecule has 1 heterocycles. The first-order chi connectivity index (χ1) is 8.29. The average Bonchev–Trinajstić information content (AvgIpc) is 2.38. The lowest BCUT2D eigenvalue weighted by atomic mass is 10.2. The van der Waals surface area contributed by atoms with Gasteiger partial charge in [0.05, 0.1) is 18.1 Å². The standard InChI is InChI=1S/C13H16N4/c1-2-7-15-12-5-3-10(4-6-12)13-16-8-11(14)9-17-13/h3-6,8-9,15H,2,7,14H2,1H3. The van der Waals surface area contributed by atoms with E-state index in [9.17, 15) is 0 Å². The highest BCUT2D eigenvalue weighted by molar-refractivity contribution is 5.60. The first-order valence-corrected chi connectivity index (χ1v) is 5.71. The normalized spacial score (nSPS) is 10.2. The SMILES string of the molecule is CCCNc1ccc(-c2ncc(N)cn2)cc1. The fourth-order valence-electron chi connectivity index (χ4n) is 1.49. The first-order valence-electron chi connectivity index (χ1n) is 5.71. The van der Waals surface area contributed by atoms with E-state index in [4.69, 9.17) is 5.73 Å². The maximum Gasteiger partial charge on any atom is 0.159 e. The Kier molecular flexibility index (Phi) is 3.55. The number of hydrogen-bond acceptors (Lipinski definition) is 4. The molecule has 2 aromatic rings. The summed E-state index contributed by atoms with van der Waals surface area (Å²) in [6.45, 7) is 3.13. The van der Waals surface area contributed by atoms with Crippen LogP contribution < -0.4 is 11.1 Å². The van der Waals surface area contributed by atoms with Gasteiger partial charge in [0.15, 0.2) is 5.82 Å². The predicted octanol–water partition coefficient (Wildman–Crippen LogP) is 2.55. The maximum atomic E-state index is 5.55. The van der Waals surface area contributed by atoms with Crippen molar-refractivity contribution in [3.63, 3.8) is 0 Å². The van der Waals surface area contributed by atoms with Gasteiger partial charge in [-0.25, -0.2) is 9.97 Å². The van der Waals surface area contributed by atoms with Gasteiger partial charge in [0.2, 0.25) is 0 Å². The molecule has 4 nitrogen and oxygen atoms in total. The highest BCUT2D eigenvalue weighted by atomic mass is 14.9. The number of anilines is 2. The molecule has 17 heavy (non-hydrogen) atoms. The Morgan fingerprint density at radius 3 is 2.35 bits per heavy atom. The van der Waals surface area contributed by atoms with Gasteiger partial charge in [-0.2, -0.15) is 0 Å². The second kappa shape index (κ2) is 5.30. The van der Waals surface area contributed by atoms with Crippen molar-refractivity contribution >= 4 is 11.4 Å². The zero-order valence-electron chi connectivity index (χ0n) is 9.85. The smallest absolute Gasteiger partial charge is 0.159 e. The molecular weight excluding hydrogens is 212 g/mol. The molecule has 0 atom stereocenters. The van der Waals surface area contributed by atoms with Crippen LogP contribution in [0.25, 0.3) is 11.4 Å². The lowest BCUT2D eigenvalue weighted by molar-refractivity contribution is 0.980. The number of aromatic nitrogens is 2. The van der Waals surface area contributed by atoms with Gasteiger partial charge < -0.3 is 11.1 Å². The van der Waals surface area contributed by atoms with Crippen molar-refractivity contribution in [1.82, 2.24) is 9.97 Å². The lowest BCUT2D eigenvalue weighted by Crippen LogP contribution is -1.99. The van der Waals surface area contributed by atoms with Crippen LogP contribution in [0.4, 0.5) is 11.4 Å². The Labute approximate surface area is 101 Å². The Morgan fingerprint density at radius 1 is 1.12 bits per heavy atom. The van der Waals surface area contributed by atoms with Crippen LogP contribution in [0.3, 0.4) is 0 Å². The topological polar surface area (TPSA) is 63.8 Å². The number of nitrogen functional groups attached to an aromatic ring is 1. The molecule has 1 aromatic heterocycles. The second-order valence-corrected chi connectivity index (χ2v) is 3.84. The van der Waals surface area contributed by atoms with Crippen LogP contribution in [0.15, 0.2) is 36.7 Å². The summed E-state index contributed by atoms with van der Waals surface area (Å²) >= 11 is 0. The minimum Gasteiger partial charge on any atom is -0.396 e. The molecule has 2 rings (SSSR count). The van der Waals surface area contributed by atoms with Gasteiger partial charge in [-0.05, 0) is 30.7 Å². The third-order valence-electron chi connectivity index (χ3n) is 2.39. The predicted molar refractivity (Wildman–Crippen MR) is 70.7 cm³/mol. The summed E-state index contributed by atoms with van der Waals surface area (Å²) in [4.78, 5) is 8.37. The van der Waals surface area contributed by atoms with Gasteiger partial charge in [0, 0.05) is 17.8 Å². The summed E-state index contributed by atoms with van der Waals surface area (Å²) in [7, 11) is 0. The zero-order chi connectivity index (χ0) is 12.1. The van der Waals surface area contributed by atoms with Gasteiger partial charge >= 0.3 is 0 Å². The van der Waals surface area contributed by atoms with Crippen molar-refractivity contribution in [2.24, 2.45) is 0 Å². The van der Waals surface area contributed by atoms with Gasteiger partial charge in [-0.1, -0.05) is 6.92 Å². The van der Waals surface area contributed by atoms with Gasteiger partial charge in [0.25, 0.3) is 0 Å². The number of hydrogen-bond donors (Lipinski definition) is 2. The molecule has 0 aliphatic rings. The monoisotopic (exact) mass is 228 g/mol. The van der Waals surface area contributed by atoms with Crippen LogP contribution in [-0.4, -0.2) is 16.5 Å². The van der Waals surface area contributed by atoms with Crippen LogP contribution in [0, 0.1) is 0 Å².